The zero-order valence-electron chi connectivity index (χ0n) is 9.78. The molecule has 5 heteroatoms. The molecule has 1 fully saturated rings. The van der Waals surface area contributed by atoms with Crippen LogP contribution in [0.25, 0.3) is 11.1 Å². The van der Waals surface area contributed by atoms with Gasteiger partial charge in [0.05, 0.1) is 0 Å². The summed E-state index contributed by atoms with van der Waals surface area (Å²) in [6.07, 6.45) is 4.54. The first kappa shape index (κ1) is 11.5. The molecule has 3 rings (SSSR count). The molecule has 1 aliphatic carbocycles. The second-order valence-corrected chi connectivity index (χ2v) is 4.93. The Labute approximate surface area is 109 Å². The van der Waals surface area contributed by atoms with E-state index in [4.69, 9.17) is 16.0 Å². The van der Waals surface area contributed by atoms with Crippen LogP contribution in [-0.2, 0) is 0 Å². The van der Waals surface area contributed by atoms with E-state index in [1.807, 2.05) is 0 Å². The van der Waals surface area contributed by atoms with E-state index in [0.29, 0.717) is 22.7 Å². The first-order valence-corrected chi connectivity index (χ1v) is 6.47. The molecule has 18 heavy (non-hydrogen) atoms. The summed E-state index contributed by atoms with van der Waals surface area (Å²) in [5.41, 5.74) is 1.80. The predicted octanol–water partition coefficient (Wildman–Crippen LogP) is 3.15. The first-order chi connectivity index (χ1) is 8.72. The van der Waals surface area contributed by atoms with Gasteiger partial charge in [-0.3, -0.25) is 4.79 Å². The second kappa shape index (κ2) is 4.61. The molecule has 0 radical (unpaired) electrons. The second-order valence-electron chi connectivity index (χ2n) is 4.60. The predicted molar refractivity (Wildman–Crippen MR) is 68.7 cm³/mol. The summed E-state index contributed by atoms with van der Waals surface area (Å²) in [7, 11) is 0. The molecular formula is C13H13ClN2O2. The smallest absolute Gasteiger partial charge is 0.293 e. The van der Waals surface area contributed by atoms with Crippen molar-refractivity contribution in [3.63, 3.8) is 0 Å². The number of aromatic nitrogens is 1. The van der Waals surface area contributed by atoms with Gasteiger partial charge in [-0.05, 0) is 42.6 Å². The Morgan fingerprint density at radius 3 is 2.94 bits per heavy atom. The van der Waals surface area contributed by atoms with Crippen LogP contribution in [0.15, 0.2) is 22.6 Å². The number of benzene rings is 1. The number of amides is 1. The number of rotatable bonds is 2. The van der Waals surface area contributed by atoms with Gasteiger partial charge in [-0.15, -0.1) is 0 Å². The zero-order chi connectivity index (χ0) is 12.5. The minimum atomic E-state index is -0.0528. The Hall–Kier alpha value is -1.55. The monoisotopic (exact) mass is 264 g/mol. The number of fused-ring (bicyclic) bond motifs is 1. The van der Waals surface area contributed by atoms with E-state index in [1.165, 1.54) is 12.8 Å². The number of halogens is 1. The molecule has 1 saturated carbocycles. The van der Waals surface area contributed by atoms with E-state index >= 15 is 0 Å². The zero-order valence-corrected chi connectivity index (χ0v) is 10.5. The quantitative estimate of drug-likeness (QED) is 0.906. The molecule has 1 aliphatic rings. The van der Waals surface area contributed by atoms with Crippen LogP contribution in [0.5, 0.6) is 0 Å². The maximum Gasteiger partial charge on any atom is 0.293 e. The molecule has 0 unspecified atom stereocenters. The Morgan fingerprint density at radius 1 is 1.39 bits per heavy atom. The molecule has 0 saturated heterocycles. The van der Waals surface area contributed by atoms with E-state index < -0.39 is 0 Å². The lowest BCUT2D eigenvalue weighted by molar-refractivity contribution is 0.0938. The number of hydrogen-bond donors (Lipinski definition) is 1. The Kier molecular flexibility index (Phi) is 2.96. The van der Waals surface area contributed by atoms with Crippen LogP contribution in [0.1, 0.15) is 36.0 Å². The maximum absolute atomic E-state index is 12.0. The van der Waals surface area contributed by atoms with Crippen LogP contribution in [0.4, 0.5) is 0 Å². The highest BCUT2D eigenvalue weighted by Crippen LogP contribution is 2.21. The number of hydrogen-bond acceptors (Lipinski definition) is 3. The van der Waals surface area contributed by atoms with Gasteiger partial charge < -0.3 is 9.73 Å². The van der Waals surface area contributed by atoms with Crippen molar-refractivity contribution < 1.29 is 9.21 Å². The summed E-state index contributed by atoms with van der Waals surface area (Å²) in [5.74, 6) is -0.0528. The largest absolute Gasteiger partial charge is 0.428 e. The van der Waals surface area contributed by atoms with E-state index in [2.05, 4.69) is 10.3 Å². The van der Waals surface area contributed by atoms with Crippen molar-refractivity contribution in [3.8, 4) is 0 Å². The van der Waals surface area contributed by atoms with Gasteiger partial charge in [-0.1, -0.05) is 12.8 Å². The Balaban J connectivity index is 1.81. The van der Waals surface area contributed by atoms with Crippen molar-refractivity contribution in [2.45, 2.75) is 31.7 Å². The van der Waals surface area contributed by atoms with Gasteiger partial charge in [0.25, 0.3) is 11.3 Å². The van der Waals surface area contributed by atoms with E-state index in [0.717, 1.165) is 12.8 Å². The molecule has 0 aliphatic heterocycles. The first-order valence-electron chi connectivity index (χ1n) is 6.09. The summed E-state index contributed by atoms with van der Waals surface area (Å²) in [6.45, 7) is 0. The lowest BCUT2D eigenvalue weighted by atomic mass is 10.1. The van der Waals surface area contributed by atoms with Gasteiger partial charge in [0.1, 0.15) is 5.52 Å². The molecule has 94 valence electrons. The minimum absolute atomic E-state index is 0.0528. The molecule has 1 aromatic heterocycles. The average Bonchev–Trinajstić information content (AvgIpc) is 2.95. The van der Waals surface area contributed by atoms with E-state index in [-0.39, 0.29) is 11.3 Å². The average molecular weight is 265 g/mol. The van der Waals surface area contributed by atoms with Crippen LogP contribution < -0.4 is 5.32 Å². The number of carbonyl (C=O) groups excluding carboxylic acids is 1. The van der Waals surface area contributed by atoms with Crippen molar-refractivity contribution in [1.82, 2.24) is 10.3 Å². The van der Waals surface area contributed by atoms with E-state index in [1.54, 1.807) is 18.2 Å². The lowest BCUT2D eigenvalue weighted by Crippen LogP contribution is -2.32. The molecule has 4 nitrogen and oxygen atoms in total. The van der Waals surface area contributed by atoms with E-state index in [9.17, 15) is 4.79 Å². The molecule has 0 bridgehead atoms. The van der Waals surface area contributed by atoms with Gasteiger partial charge in [-0.2, -0.15) is 4.98 Å². The SMILES string of the molecule is O=C(NC1CCCC1)c1ccc2oc(Cl)nc2c1. The van der Waals surface area contributed by atoms with Crippen molar-refractivity contribution in [2.75, 3.05) is 0 Å². The third-order valence-electron chi connectivity index (χ3n) is 3.31. The molecule has 1 aromatic carbocycles. The molecule has 2 aromatic rings. The number of oxazole rings is 1. The number of nitrogens with one attached hydrogen (secondary N) is 1. The highest BCUT2D eigenvalue weighted by atomic mass is 35.5. The van der Waals surface area contributed by atoms with Gasteiger partial charge >= 0.3 is 0 Å². The summed E-state index contributed by atoms with van der Waals surface area (Å²) in [6, 6.07) is 5.47. The Bertz CT molecular complexity index is 588. The highest BCUT2D eigenvalue weighted by Gasteiger charge is 2.18. The van der Waals surface area contributed by atoms with Crippen LogP contribution in [0.2, 0.25) is 5.35 Å². The van der Waals surface area contributed by atoms with Crippen molar-refractivity contribution in [2.24, 2.45) is 0 Å². The summed E-state index contributed by atoms with van der Waals surface area (Å²) < 4.78 is 5.16. The highest BCUT2D eigenvalue weighted by molar-refractivity contribution is 6.28. The topological polar surface area (TPSA) is 55.1 Å². The third kappa shape index (κ3) is 2.20. The summed E-state index contributed by atoms with van der Waals surface area (Å²) >= 11 is 5.67. The molecule has 1 heterocycles. The van der Waals surface area contributed by atoms with Gasteiger partial charge in [0, 0.05) is 11.6 Å². The fraction of sp³-hybridized carbons (Fsp3) is 0.385. The van der Waals surface area contributed by atoms with Crippen molar-refractivity contribution in [3.05, 3.63) is 29.1 Å². The molecule has 0 spiro atoms. The maximum atomic E-state index is 12.0. The minimum Gasteiger partial charge on any atom is -0.428 e. The molecule has 1 amide bonds. The standard InChI is InChI=1S/C13H13ClN2O2/c14-13-16-10-7-8(5-6-11(10)18-13)12(17)15-9-3-1-2-4-9/h5-7,9H,1-4H2,(H,15,17). The number of carbonyl (C=O) groups is 1. The van der Waals surface area contributed by atoms with Crippen LogP contribution in [-0.4, -0.2) is 16.9 Å². The fourth-order valence-corrected chi connectivity index (χ4v) is 2.55. The summed E-state index contributed by atoms with van der Waals surface area (Å²) in [4.78, 5) is 16.1. The summed E-state index contributed by atoms with van der Waals surface area (Å²) in [5, 5.41) is 3.13. The van der Waals surface area contributed by atoms with Gasteiger partial charge in [0.2, 0.25) is 0 Å². The Morgan fingerprint density at radius 2 is 2.17 bits per heavy atom. The molecule has 1 N–H and O–H groups in total. The fourth-order valence-electron chi connectivity index (χ4n) is 2.38. The normalized spacial score (nSPS) is 16.3. The molecule has 0 atom stereocenters. The lowest BCUT2D eigenvalue weighted by Gasteiger charge is -2.11. The molecular weight excluding hydrogens is 252 g/mol. The van der Waals surface area contributed by atoms with Gasteiger partial charge in [0.15, 0.2) is 5.58 Å². The van der Waals surface area contributed by atoms with Crippen molar-refractivity contribution >= 4 is 28.6 Å². The third-order valence-corrected chi connectivity index (χ3v) is 3.48. The van der Waals surface area contributed by atoms with Gasteiger partial charge in [-0.25, -0.2) is 0 Å². The van der Waals surface area contributed by atoms with Crippen LogP contribution >= 0.6 is 11.6 Å². The van der Waals surface area contributed by atoms with Crippen molar-refractivity contribution in [1.29, 1.82) is 0 Å². The van der Waals surface area contributed by atoms with Crippen LogP contribution in [0.3, 0.4) is 0 Å². The number of nitrogens with zero attached hydrogens (tertiary/aromatic N) is 1. The van der Waals surface area contributed by atoms with Crippen LogP contribution in [0, 0.1) is 0 Å².